The van der Waals surface area contributed by atoms with Crippen LogP contribution in [0.5, 0.6) is 0 Å². The number of piperidine rings is 1. The molecule has 58 valence electrons. The second kappa shape index (κ2) is 3.66. The van der Waals surface area contributed by atoms with E-state index < -0.39 is 6.17 Å². The van der Waals surface area contributed by atoms with Crippen LogP contribution in [0.15, 0.2) is 0 Å². The lowest BCUT2D eigenvalue weighted by Gasteiger charge is -2.26. The van der Waals surface area contributed by atoms with Crippen molar-refractivity contribution in [1.82, 2.24) is 4.90 Å². The van der Waals surface area contributed by atoms with E-state index in [0.29, 0.717) is 19.4 Å². The maximum absolute atomic E-state index is 12.5. The van der Waals surface area contributed by atoms with Crippen molar-refractivity contribution in [2.24, 2.45) is 0 Å². The fourth-order valence-corrected chi connectivity index (χ4v) is 1.19. The normalized spacial score (nSPS) is 22.9. The van der Waals surface area contributed by atoms with Gasteiger partial charge in [-0.2, -0.15) is 0 Å². The Morgan fingerprint density at radius 1 is 1.50 bits per heavy atom. The first-order valence-electron chi connectivity index (χ1n) is 3.63. The quantitative estimate of drug-likeness (QED) is 0.531. The molecule has 0 aromatic carbocycles. The van der Waals surface area contributed by atoms with E-state index in [1.165, 1.54) is 0 Å². The van der Waals surface area contributed by atoms with Crippen LogP contribution in [0.4, 0.5) is 4.39 Å². The largest absolute Gasteiger partial charge is 0.302 e. The van der Waals surface area contributed by atoms with Crippen LogP contribution >= 0.6 is 0 Å². The molecule has 1 saturated heterocycles. The standard InChI is InChI=1S/C7H12FNO/c8-7-1-3-9(4-2-7)5-6-10/h6-7H,1-5H2. The van der Waals surface area contributed by atoms with Gasteiger partial charge in [0.15, 0.2) is 0 Å². The molecular weight excluding hydrogens is 133 g/mol. The summed E-state index contributed by atoms with van der Waals surface area (Å²) in [6.07, 6.45) is 1.42. The van der Waals surface area contributed by atoms with E-state index in [1.807, 2.05) is 4.90 Å². The summed E-state index contributed by atoms with van der Waals surface area (Å²) >= 11 is 0. The molecule has 0 amide bonds. The minimum absolute atomic E-state index is 0.465. The van der Waals surface area contributed by atoms with E-state index >= 15 is 0 Å². The Morgan fingerprint density at radius 3 is 2.60 bits per heavy atom. The second-order valence-electron chi connectivity index (χ2n) is 2.64. The molecule has 0 atom stereocenters. The van der Waals surface area contributed by atoms with Gasteiger partial charge in [0, 0.05) is 13.1 Å². The second-order valence-corrected chi connectivity index (χ2v) is 2.64. The molecule has 1 fully saturated rings. The first-order chi connectivity index (χ1) is 4.83. The van der Waals surface area contributed by atoms with Gasteiger partial charge >= 0.3 is 0 Å². The van der Waals surface area contributed by atoms with Crippen LogP contribution in [0.1, 0.15) is 12.8 Å². The summed E-state index contributed by atoms with van der Waals surface area (Å²) in [5.41, 5.74) is 0. The van der Waals surface area contributed by atoms with Crippen molar-refractivity contribution in [2.45, 2.75) is 19.0 Å². The van der Waals surface area contributed by atoms with E-state index in [4.69, 9.17) is 0 Å². The number of likely N-dealkylation sites (tertiary alicyclic amines) is 1. The third-order valence-electron chi connectivity index (χ3n) is 1.85. The Bertz CT molecular complexity index is 110. The number of nitrogens with zero attached hydrogens (tertiary/aromatic N) is 1. The fourth-order valence-electron chi connectivity index (χ4n) is 1.19. The first-order valence-corrected chi connectivity index (χ1v) is 3.63. The van der Waals surface area contributed by atoms with Crippen LogP contribution in [0, 0.1) is 0 Å². The number of carbonyl (C=O) groups excluding carboxylic acids is 1. The Labute approximate surface area is 60.0 Å². The summed E-state index contributed by atoms with van der Waals surface area (Å²) in [4.78, 5) is 12.0. The molecule has 0 aromatic heterocycles. The maximum atomic E-state index is 12.5. The summed E-state index contributed by atoms with van der Waals surface area (Å²) in [5, 5.41) is 0. The predicted octanol–water partition coefficient (Wildman–Crippen LogP) is 0.619. The van der Waals surface area contributed by atoms with Crippen molar-refractivity contribution < 1.29 is 9.18 Å². The van der Waals surface area contributed by atoms with Gasteiger partial charge in [-0.15, -0.1) is 0 Å². The van der Waals surface area contributed by atoms with Gasteiger partial charge in [0.2, 0.25) is 0 Å². The van der Waals surface area contributed by atoms with Gasteiger partial charge < -0.3 is 4.79 Å². The molecule has 1 aliphatic heterocycles. The monoisotopic (exact) mass is 145 g/mol. The highest BCUT2D eigenvalue weighted by molar-refractivity contribution is 5.51. The van der Waals surface area contributed by atoms with E-state index in [1.54, 1.807) is 0 Å². The molecule has 0 aliphatic carbocycles. The van der Waals surface area contributed by atoms with Crippen molar-refractivity contribution in [2.75, 3.05) is 19.6 Å². The van der Waals surface area contributed by atoms with E-state index in [0.717, 1.165) is 19.4 Å². The summed E-state index contributed by atoms with van der Waals surface area (Å²) in [6.45, 7) is 1.94. The number of carbonyl (C=O) groups is 1. The van der Waals surface area contributed by atoms with E-state index in [-0.39, 0.29) is 0 Å². The Morgan fingerprint density at radius 2 is 2.10 bits per heavy atom. The number of halogens is 1. The van der Waals surface area contributed by atoms with Crippen molar-refractivity contribution in [3.8, 4) is 0 Å². The van der Waals surface area contributed by atoms with Crippen LogP contribution < -0.4 is 0 Å². The zero-order chi connectivity index (χ0) is 7.40. The molecule has 0 aromatic rings. The third-order valence-corrected chi connectivity index (χ3v) is 1.85. The van der Waals surface area contributed by atoms with Gasteiger partial charge in [-0.25, -0.2) is 4.39 Å². The average molecular weight is 145 g/mol. The number of aldehydes is 1. The van der Waals surface area contributed by atoms with Crippen molar-refractivity contribution >= 4 is 6.29 Å². The topological polar surface area (TPSA) is 20.3 Å². The number of alkyl halides is 1. The molecule has 0 radical (unpaired) electrons. The highest BCUT2D eigenvalue weighted by Gasteiger charge is 2.16. The molecule has 0 saturated carbocycles. The minimum atomic E-state index is -0.636. The van der Waals surface area contributed by atoms with Gasteiger partial charge in [0.1, 0.15) is 12.5 Å². The maximum Gasteiger partial charge on any atom is 0.133 e. The highest BCUT2D eigenvalue weighted by Crippen LogP contribution is 2.11. The lowest BCUT2D eigenvalue weighted by Crippen LogP contribution is -2.35. The number of rotatable bonds is 2. The number of hydrogen-bond acceptors (Lipinski definition) is 2. The molecule has 3 heteroatoms. The van der Waals surface area contributed by atoms with Crippen molar-refractivity contribution in [1.29, 1.82) is 0 Å². The van der Waals surface area contributed by atoms with E-state index in [9.17, 15) is 9.18 Å². The summed E-state index contributed by atoms with van der Waals surface area (Å²) in [6, 6.07) is 0. The molecule has 0 bridgehead atoms. The Balaban J connectivity index is 2.19. The molecule has 10 heavy (non-hydrogen) atoms. The van der Waals surface area contributed by atoms with Gasteiger partial charge in [-0.3, -0.25) is 4.90 Å². The van der Waals surface area contributed by atoms with Crippen LogP contribution in [-0.4, -0.2) is 37.0 Å². The van der Waals surface area contributed by atoms with Crippen LogP contribution in [0.3, 0.4) is 0 Å². The van der Waals surface area contributed by atoms with Gasteiger partial charge in [0.25, 0.3) is 0 Å². The third kappa shape index (κ3) is 2.06. The fraction of sp³-hybridized carbons (Fsp3) is 0.857. The summed E-state index contributed by atoms with van der Waals surface area (Å²) < 4.78 is 12.5. The zero-order valence-corrected chi connectivity index (χ0v) is 5.92. The molecule has 2 nitrogen and oxygen atoms in total. The molecule has 1 rings (SSSR count). The van der Waals surface area contributed by atoms with Crippen molar-refractivity contribution in [3.63, 3.8) is 0 Å². The lowest BCUT2D eigenvalue weighted by molar-refractivity contribution is -0.109. The van der Waals surface area contributed by atoms with Crippen LogP contribution in [0.25, 0.3) is 0 Å². The molecular formula is C7H12FNO. The number of hydrogen-bond donors (Lipinski definition) is 0. The van der Waals surface area contributed by atoms with Crippen LogP contribution in [-0.2, 0) is 4.79 Å². The molecule has 1 aliphatic rings. The van der Waals surface area contributed by atoms with Gasteiger partial charge in [0.05, 0.1) is 6.54 Å². The first kappa shape index (κ1) is 7.66. The van der Waals surface area contributed by atoms with Crippen LogP contribution in [0.2, 0.25) is 0 Å². The summed E-state index contributed by atoms with van der Waals surface area (Å²) in [5.74, 6) is 0. The Kier molecular flexibility index (Phi) is 2.81. The molecule has 0 unspecified atom stereocenters. The lowest BCUT2D eigenvalue weighted by atomic mass is 10.1. The molecule has 0 spiro atoms. The molecule has 1 heterocycles. The molecule has 0 N–H and O–H groups in total. The minimum Gasteiger partial charge on any atom is -0.302 e. The summed E-state index contributed by atoms with van der Waals surface area (Å²) in [7, 11) is 0. The SMILES string of the molecule is O=CCN1CCC(F)CC1. The Hall–Kier alpha value is -0.440. The smallest absolute Gasteiger partial charge is 0.133 e. The zero-order valence-electron chi connectivity index (χ0n) is 5.92. The van der Waals surface area contributed by atoms with Gasteiger partial charge in [-0.1, -0.05) is 0 Å². The van der Waals surface area contributed by atoms with E-state index in [2.05, 4.69) is 0 Å². The van der Waals surface area contributed by atoms with Gasteiger partial charge in [-0.05, 0) is 12.8 Å². The highest BCUT2D eigenvalue weighted by atomic mass is 19.1. The van der Waals surface area contributed by atoms with Crippen molar-refractivity contribution in [3.05, 3.63) is 0 Å². The predicted molar refractivity (Wildman–Crippen MR) is 36.6 cm³/mol. The average Bonchev–Trinajstić information content (AvgIpc) is 1.95.